The molecule has 1 heterocycles. The number of nitrogens with one attached hydrogen (secondary N) is 2. The van der Waals surface area contributed by atoms with E-state index in [4.69, 9.17) is 11.6 Å². The highest BCUT2D eigenvalue weighted by molar-refractivity contribution is 14.1. The molecule has 8 heteroatoms. The predicted molar refractivity (Wildman–Crippen MR) is 146 cm³/mol. The van der Waals surface area contributed by atoms with Gasteiger partial charge in [0.25, 0.3) is 11.8 Å². The summed E-state index contributed by atoms with van der Waals surface area (Å²) in [5, 5.41) is 15.5. The number of aromatic nitrogens is 1. The SMILES string of the molecule is O=C(N[C@@H](CO)c1ccccc1)c1ccc(C(=O)Nc2ccc(I)c(-c3ccccn3)c2)c(Cl)c1. The van der Waals surface area contributed by atoms with Gasteiger partial charge in [-0.25, -0.2) is 0 Å². The van der Waals surface area contributed by atoms with E-state index in [1.165, 1.54) is 18.2 Å². The summed E-state index contributed by atoms with van der Waals surface area (Å²) in [6.45, 7) is -0.250. The van der Waals surface area contributed by atoms with Crippen molar-refractivity contribution < 1.29 is 14.7 Å². The van der Waals surface area contributed by atoms with Crippen LogP contribution in [0.1, 0.15) is 32.3 Å². The fraction of sp³-hybridized carbons (Fsp3) is 0.0741. The Hall–Kier alpha value is -3.27. The maximum atomic E-state index is 12.9. The van der Waals surface area contributed by atoms with E-state index < -0.39 is 17.9 Å². The Morgan fingerprint density at radius 3 is 2.40 bits per heavy atom. The van der Waals surface area contributed by atoms with Crippen LogP contribution in [0.4, 0.5) is 5.69 Å². The van der Waals surface area contributed by atoms with Crippen molar-refractivity contribution in [2.75, 3.05) is 11.9 Å². The monoisotopic (exact) mass is 597 g/mol. The van der Waals surface area contributed by atoms with Crippen molar-refractivity contribution in [3.8, 4) is 11.3 Å². The Morgan fingerprint density at radius 1 is 0.943 bits per heavy atom. The number of hydrogen-bond donors (Lipinski definition) is 3. The Kier molecular flexibility index (Phi) is 8.12. The van der Waals surface area contributed by atoms with Crippen molar-refractivity contribution in [1.82, 2.24) is 10.3 Å². The third-order valence-electron chi connectivity index (χ3n) is 5.33. The van der Waals surface area contributed by atoms with Crippen LogP contribution in [0.15, 0.2) is 91.1 Å². The quantitative estimate of drug-likeness (QED) is 0.238. The molecule has 0 saturated heterocycles. The van der Waals surface area contributed by atoms with Gasteiger partial charge in [-0.05, 0) is 76.7 Å². The standard InChI is InChI=1S/C27H21ClIN3O3/c28-22-14-18(26(34)32-25(16-33)17-6-2-1-3-7-17)9-11-20(22)27(35)31-19-10-12-23(29)21(15-19)24-8-4-5-13-30-24/h1-15,25,33H,16H2,(H,31,35)(H,32,34)/t25-/m0/s1. The molecule has 6 nitrogen and oxygen atoms in total. The summed E-state index contributed by atoms with van der Waals surface area (Å²) in [7, 11) is 0. The molecule has 1 aromatic heterocycles. The smallest absolute Gasteiger partial charge is 0.257 e. The van der Waals surface area contributed by atoms with Crippen molar-refractivity contribution in [2.24, 2.45) is 0 Å². The Bertz CT molecular complexity index is 1350. The summed E-state index contributed by atoms with van der Waals surface area (Å²) in [4.78, 5) is 30.0. The van der Waals surface area contributed by atoms with Gasteiger partial charge in [0.15, 0.2) is 0 Å². The topological polar surface area (TPSA) is 91.3 Å². The molecule has 3 N–H and O–H groups in total. The Balaban J connectivity index is 1.49. The van der Waals surface area contributed by atoms with Crippen LogP contribution in [0.25, 0.3) is 11.3 Å². The molecule has 2 amide bonds. The molecule has 0 fully saturated rings. The molecule has 0 bridgehead atoms. The van der Waals surface area contributed by atoms with Gasteiger partial charge in [0.05, 0.1) is 28.9 Å². The molecule has 4 aromatic rings. The molecule has 0 saturated carbocycles. The third-order valence-corrected chi connectivity index (χ3v) is 6.58. The number of hydrogen-bond acceptors (Lipinski definition) is 4. The maximum absolute atomic E-state index is 12.9. The van der Waals surface area contributed by atoms with Gasteiger partial charge in [-0.2, -0.15) is 0 Å². The summed E-state index contributed by atoms with van der Waals surface area (Å²) >= 11 is 8.60. The molecule has 0 spiro atoms. The molecular formula is C27H21ClIN3O3. The van der Waals surface area contributed by atoms with E-state index >= 15 is 0 Å². The average Bonchev–Trinajstić information content (AvgIpc) is 2.89. The number of anilines is 1. The fourth-order valence-electron chi connectivity index (χ4n) is 3.52. The first-order chi connectivity index (χ1) is 17.0. The summed E-state index contributed by atoms with van der Waals surface area (Å²) in [6.07, 6.45) is 1.72. The molecule has 4 rings (SSSR count). The first kappa shape index (κ1) is 24.8. The zero-order chi connectivity index (χ0) is 24.8. The average molecular weight is 598 g/mol. The van der Waals surface area contributed by atoms with Gasteiger partial charge in [0, 0.05) is 26.6 Å². The number of pyridine rings is 1. The van der Waals surface area contributed by atoms with Crippen molar-refractivity contribution >= 4 is 51.7 Å². The molecule has 3 aromatic carbocycles. The van der Waals surface area contributed by atoms with Crippen molar-refractivity contribution in [1.29, 1.82) is 0 Å². The summed E-state index contributed by atoms with van der Waals surface area (Å²) in [5.41, 5.74) is 3.61. The second kappa shape index (κ2) is 11.4. The van der Waals surface area contributed by atoms with Crippen molar-refractivity contribution in [3.63, 3.8) is 0 Å². The fourth-order valence-corrected chi connectivity index (χ4v) is 4.40. The zero-order valence-electron chi connectivity index (χ0n) is 18.4. The van der Waals surface area contributed by atoms with Crippen LogP contribution < -0.4 is 10.6 Å². The minimum absolute atomic E-state index is 0.144. The van der Waals surface area contributed by atoms with Crippen LogP contribution in [0.3, 0.4) is 0 Å². The number of benzene rings is 3. The van der Waals surface area contributed by atoms with Gasteiger partial charge in [-0.3, -0.25) is 14.6 Å². The second-order valence-electron chi connectivity index (χ2n) is 7.68. The van der Waals surface area contributed by atoms with Crippen molar-refractivity contribution in [3.05, 3.63) is 116 Å². The highest BCUT2D eigenvalue weighted by Crippen LogP contribution is 2.28. The summed E-state index contributed by atoms with van der Waals surface area (Å²) in [5.74, 6) is -0.799. The van der Waals surface area contributed by atoms with E-state index in [0.29, 0.717) is 5.69 Å². The minimum Gasteiger partial charge on any atom is -0.394 e. The van der Waals surface area contributed by atoms with E-state index in [1.54, 1.807) is 12.3 Å². The van der Waals surface area contributed by atoms with Gasteiger partial charge in [-0.1, -0.05) is 48.0 Å². The van der Waals surface area contributed by atoms with E-state index in [-0.39, 0.29) is 22.8 Å². The number of aliphatic hydroxyl groups excluding tert-OH is 1. The molecule has 0 radical (unpaired) electrons. The lowest BCUT2D eigenvalue weighted by atomic mass is 10.1. The Labute approximate surface area is 221 Å². The van der Waals surface area contributed by atoms with E-state index in [9.17, 15) is 14.7 Å². The van der Waals surface area contributed by atoms with E-state index in [2.05, 4.69) is 38.2 Å². The molecule has 35 heavy (non-hydrogen) atoms. The number of aliphatic hydroxyl groups is 1. The predicted octanol–water partition coefficient (Wildman–Crippen LogP) is 5.72. The molecule has 0 unspecified atom stereocenters. The first-order valence-corrected chi connectivity index (χ1v) is 12.2. The second-order valence-corrected chi connectivity index (χ2v) is 9.25. The van der Waals surface area contributed by atoms with Crippen LogP contribution in [0.2, 0.25) is 5.02 Å². The highest BCUT2D eigenvalue weighted by Gasteiger charge is 2.18. The normalized spacial score (nSPS) is 11.5. The van der Waals surface area contributed by atoms with Crippen LogP contribution in [0.5, 0.6) is 0 Å². The molecule has 176 valence electrons. The first-order valence-electron chi connectivity index (χ1n) is 10.7. The van der Waals surface area contributed by atoms with Gasteiger partial charge < -0.3 is 15.7 Å². The number of carbonyl (C=O) groups is 2. The van der Waals surface area contributed by atoms with Gasteiger partial charge in [0.1, 0.15) is 0 Å². The lowest BCUT2D eigenvalue weighted by molar-refractivity contribution is 0.0915. The van der Waals surface area contributed by atoms with E-state index in [1.807, 2.05) is 60.7 Å². The third kappa shape index (κ3) is 6.05. The largest absolute Gasteiger partial charge is 0.394 e. The maximum Gasteiger partial charge on any atom is 0.257 e. The summed E-state index contributed by atoms with van der Waals surface area (Å²) in [6, 6.07) is 24.3. The number of halogens is 2. The van der Waals surface area contributed by atoms with Crippen molar-refractivity contribution in [2.45, 2.75) is 6.04 Å². The highest BCUT2D eigenvalue weighted by atomic mass is 127. The van der Waals surface area contributed by atoms with Gasteiger partial charge in [-0.15, -0.1) is 0 Å². The van der Waals surface area contributed by atoms with Gasteiger partial charge >= 0.3 is 0 Å². The molecule has 0 aliphatic heterocycles. The van der Waals surface area contributed by atoms with Gasteiger partial charge in [0.2, 0.25) is 0 Å². The number of nitrogens with zero attached hydrogens (tertiary/aromatic N) is 1. The molecule has 0 aliphatic carbocycles. The minimum atomic E-state index is -0.556. The number of carbonyl (C=O) groups excluding carboxylic acids is 2. The lowest BCUT2D eigenvalue weighted by Crippen LogP contribution is -2.30. The zero-order valence-corrected chi connectivity index (χ0v) is 21.3. The summed E-state index contributed by atoms with van der Waals surface area (Å²) < 4.78 is 1.00. The van der Waals surface area contributed by atoms with E-state index in [0.717, 1.165) is 20.4 Å². The number of rotatable bonds is 7. The molecule has 1 atom stereocenters. The molecule has 0 aliphatic rings. The van der Waals surface area contributed by atoms with Crippen LogP contribution in [0, 0.1) is 3.57 Å². The van der Waals surface area contributed by atoms with Crippen LogP contribution >= 0.6 is 34.2 Å². The van der Waals surface area contributed by atoms with Crippen LogP contribution in [-0.4, -0.2) is 28.5 Å². The Morgan fingerprint density at radius 2 is 1.71 bits per heavy atom. The molecular weight excluding hydrogens is 577 g/mol. The lowest BCUT2D eigenvalue weighted by Gasteiger charge is -2.17. The number of amides is 2. The van der Waals surface area contributed by atoms with Crippen LogP contribution in [-0.2, 0) is 0 Å².